The molecular formula is C21H30O6. The summed E-state index contributed by atoms with van der Waals surface area (Å²) in [6.45, 7) is 9.08. The summed E-state index contributed by atoms with van der Waals surface area (Å²) >= 11 is 0. The monoisotopic (exact) mass is 378 g/mol. The van der Waals surface area contributed by atoms with Gasteiger partial charge in [-0.25, -0.2) is 4.79 Å². The highest BCUT2D eigenvalue weighted by molar-refractivity contribution is 5.87. The Morgan fingerprint density at radius 2 is 1.85 bits per heavy atom. The average molecular weight is 378 g/mol. The van der Waals surface area contributed by atoms with E-state index in [1.165, 1.54) is 6.42 Å². The molecule has 150 valence electrons. The van der Waals surface area contributed by atoms with Crippen LogP contribution in [0, 0.1) is 17.8 Å². The molecular weight excluding hydrogens is 348 g/mol. The summed E-state index contributed by atoms with van der Waals surface area (Å²) in [5.74, 6) is -1.69. The van der Waals surface area contributed by atoms with Gasteiger partial charge in [0.1, 0.15) is 11.7 Å². The molecule has 6 heteroatoms. The van der Waals surface area contributed by atoms with Crippen molar-refractivity contribution < 1.29 is 28.6 Å². The molecule has 0 aromatic rings. The minimum atomic E-state index is -0.769. The number of hydrogen-bond acceptors (Lipinski definition) is 6. The van der Waals surface area contributed by atoms with Gasteiger partial charge in [0.05, 0.1) is 12.3 Å². The van der Waals surface area contributed by atoms with Crippen molar-refractivity contribution in [3.63, 3.8) is 0 Å². The fourth-order valence-electron chi connectivity index (χ4n) is 4.69. The molecule has 6 nitrogen and oxygen atoms in total. The molecule has 0 amide bonds. The molecule has 4 atom stereocenters. The highest BCUT2D eigenvalue weighted by Gasteiger charge is 2.56. The van der Waals surface area contributed by atoms with Crippen LogP contribution in [0.1, 0.15) is 65.7 Å². The fraction of sp³-hybridized carbons (Fsp3) is 0.762. The van der Waals surface area contributed by atoms with Crippen molar-refractivity contribution in [1.29, 1.82) is 0 Å². The molecule has 1 aliphatic heterocycles. The summed E-state index contributed by atoms with van der Waals surface area (Å²) in [4.78, 5) is 36.7. The molecule has 3 fully saturated rings. The van der Waals surface area contributed by atoms with Crippen LogP contribution in [-0.4, -0.2) is 35.7 Å². The predicted octanol–water partition coefficient (Wildman–Crippen LogP) is 3.33. The lowest BCUT2D eigenvalue weighted by Crippen LogP contribution is -2.45. The van der Waals surface area contributed by atoms with Crippen LogP contribution < -0.4 is 0 Å². The zero-order valence-electron chi connectivity index (χ0n) is 16.5. The summed E-state index contributed by atoms with van der Waals surface area (Å²) in [5, 5.41) is 0. The Hall–Kier alpha value is -1.85. The van der Waals surface area contributed by atoms with E-state index < -0.39 is 29.7 Å². The van der Waals surface area contributed by atoms with E-state index in [-0.39, 0.29) is 29.9 Å². The van der Waals surface area contributed by atoms with E-state index in [1.54, 1.807) is 6.92 Å². The number of rotatable bonds is 5. The van der Waals surface area contributed by atoms with Gasteiger partial charge in [0, 0.05) is 11.5 Å². The molecule has 0 N–H and O–H groups in total. The van der Waals surface area contributed by atoms with E-state index in [0.717, 1.165) is 25.7 Å². The van der Waals surface area contributed by atoms with Gasteiger partial charge >= 0.3 is 17.9 Å². The molecule has 0 radical (unpaired) electrons. The van der Waals surface area contributed by atoms with Crippen LogP contribution in [-0.2, 0) is 28.6 Å². The van der Waals surface area contributed by atoms with Gasteiger partial charge in [-0.1, -0.05) is 25.8 Å². The Labute approximate surface area is 160 Å². The van der Waals surface area contributed by atoms with Gasteiger partial charge in [0.2, 0.25) is 0 Å². The predicted molar refractivity (Wildman–Crippen MR) is 97.5 cm³/mol. The van der Waals surface area contributed by atoms with Crippen molar-refractivity contribution in [3.8, 4) is 0 Å². The smallest absolute Gasteiger partial charge is 0.333 e. The van der Waals surface area contributed by atoms with Crippen LogP contribution in [0.15, 0.2) is 12.2 Å². The van der Waals surface area contributed by atoms with Crippen molar-refractivity contribution >= 4 is 17.9 Å². The molecule has 0 aromatic carbocycles. The first kappa shape index (κ1) is 19.9. The minimum absolute atomic E-state index is 0.153. The maximum atomic E-state index is 12.9. The van der Waals surface area contributed by atoms with Crippen LogP contribution in [0.4, 0.5) is 0 Å². The van der Waals surface area contributed by atoms with Gasteiger partial charge in [0.25, 0.3) is 0 Å². The molecule has 0 spiro atoms. The average Bonchev–Trinajstić information content (AvgIpc) is 2.82. The molecule has 2 aliphatic carbocycles. The SMILES string of the molecule is C=C(C)C(=O)OC1C2CC(=O)OC1C(C(=O)OC(C)(C)C1CCCCC1)C2. The number of carbonyl (C=O) groups is 3. The van der Waals surface area contributed by atoms with Crippen LogP contribution in [0.25, 0.3) is 0 Å². The highest BCUT2D eigenvalue weighted by Crippen LogP contribution is 2.44. The van der Waals surface area contributed by atoms with Crippen molar-refractivity contribution in [2.75, 3.05) is 0 Å². The number of fused-ring (bicyclic) bond motifs is 2. The van der Waals surface area contributed by atoms with Gasteiger partial charge in [-0.15, -0.1) is 0 Å². The second kappa shape index (κ2) is 7.64. The number of esters is 3. The van der Waals surface area contributed by atoms with Gasteiger partial charge in [-0.2, -0.15) is 0 Å². The minimum Gasteiger partial charge on any atom is -0.459 e. The molecule has 0 aromatic heterocycles. The largest absolute Gasteiger partial charge is 0.459 e. The molecule has 3 rings (SSSR count). The topological polar surface area (TPSA) is 78.9 Å². The Bertz CT molecular complexity index is 631. The number of carbonyl (C=O) groups excluding carboxylic acids is 3. The lowest BCUT2D eigenvalue weighted by Gasteiger charge is -2.37. The molecule has 2 bridgehead atoms. The third kappa shape index (κ3) is 4.19. The summed E-state index contributed by atoms with van der Waals surface area (Å²) in [6, 6.07) is 0. The zero-order valence-corrected chi connectivity index (χ0v) is 16.5. The van der Waals surface area contributed by atoms with E-state index in [4.69, 9.17) is 14.2 Å². The normalized spacial score (nSPS) is 31.1. The molecule has 1 heterocycles. The Morgan fingerprint density at radius 1 is 1.19 bits per heavy atom. The second-order valence-corrected chi connectivity index (χ2v) is 8.77. The van der Waals surface area contributed by atoms with Crippen molar-refractivity contribution in [2.24, 2.45) is 17.8 Å². The third-order valence-electron chi connectivity index (χ3n) is 6.28. The van der Waals surface area contributed by atoms with Crippen LogP contribution in [0.5, 0.6) is 0 Å². The Balaban J connectivity index is 1.70. The molecule has 1 saturated heterocycles. The van der Waals surface area contributed by atoms with Gasteiger partial charge < -0.3 is 14.2 Å². The third-order valence-corrected chi connectivity index (χ3v) is 6.28. The first-order valence-electron chi connectivity index (χ1n) is 9.98. The van der Waals surface area contributed by atoms with E-state index in [2.05, 4.69) is 6.58 Å². The summed E-state index contributed by atoms with van der Waals surface area (Å²) in [6.07, 6.45) is 4.89. The zero-order chi connectivity index (χ0) is 19.8. The van der Waals surface area contributed by atoms with E-state index >= 15 is 0 Å². The summed E-state index contributed by atoms with van der Waals surface area (Å²) in [7, 11) is 0. The molecule has 4 unspecified atom stereocenters. The molecule has 2 saturated carbocycles. The van der Waals surface area contributed by atoms with Gasteiger partial charge in [0.15, 0.2) is 6.10 Å². The van der Waals surface area contributed by atoms with E-state index in [0.29, 0.717) is 12.3 Å². The number of ether oxygens (including phenoxy) is 3. The lowest BCUT2D eigenvalue weighted by atomic mass is 9.78. The van der Waals surface area contributed by atoms with E-state index in [9.17, 15) is 14.4 Å². The van der Waals surface area contributed by atoms with Gasteiger partial charge in [-0.05, 0) is 46.0 Å². The fourth-order valence-corrected chi connectivity index (χ4v) is 4.69. The quantitative estimate of drug-likeness (QED) is 0.415. The summed E-state index contributed by atoms with van der Waals surface area (Å²) < 4.78 is 16.8. The van der Waals surface area contributed by atoms with Crippen molar-refractivity contribution in [1.82, 2.24) is 0 Å². The Morgan fingerprint density at radius 3 is 2.48 bits per heavy atom. The maximum absolute atomic E-state index is 12.9. The van der Waals surface area contributed by atoms with Crippen molar-refractivity contribution in [3.05, 3.63) is 12.2 Å². The maximum Gasteiger partial charge on any atom is 0.333 e. The van der Waals surface area contributed by atoms with Crippen LogP contribution in [0.3, 0.4) is 0 Å². The first-order chi connectivity index (χ1) is 12.7. The van der Waals surface area contributed by atoms with Crippen LogP contribution in [0.2, 0.25) is 0 Å². The van der Waals surface area contributed by atoms with Crippen LogP contribution >= 0.6 is 0 Å². The highest BCUT2D eigenvalue weighted by atomic mass is 16.6. The summed E-state index contributed by atoms with van der Waals surface area (Å²) in [5.41, 5.74) is -0.272. The van der Waals surface area contributed by atoms with E-state index in [1.807, 2.05) is 13.8 Å². The molecule has 27 heavy (non-hydrogen) atoms. The van der Waals surface area contributed by atoms with Gasteiger partial charge in [-0.3, -0.25) is 9.59 Å². The first-order valence-corrected chi connectivity index (χ1v) is 9.98. The second-order valence-electron chi connectivity index (χ2n) is 8.77. The van der Waals surface area contributed by atoms with Crippen molar-refractivity contribution in [2.45, 2.75) is 83.5 Å². The molecule has 3 aliphatic rings. The Kier molecular flexibility index (Phi) is 5.63. The lowest BCUT2D eigenvalue weighted by molar-refractivity contribution is -0.185. The number of hydrogen-bond donors (Lipinski definition) is 0. The standard InChI is InChI=1S/C21H30O6/c1-12(2)19(23)26-17-13-10-15(18(17)25-16(22)11-13)20(24)27-21(3,4)14-8-6-5-7-9-14/h13-15,17-18H,1,5-11H2,2-4H3.